The van der Waals surface area contributed by atoms with Gasteiger partial charge in [0, 0.05) is 31.0 Å². The van der Waals surface area contributed by atoms with Crippen LogP contribution >= 0.6 is 0 Å². The number of aromatic nitrogens is 1. The number of nitrogens with one attached hydrogen (secondary N) is 1. The van der Waals surface area contributed by atoms with Gasteiger partial charge in [-0.2, -0.15) is 0 Å². The van der Waals surface area contributed by atoms with Crippen molar-refractivity contribution in [3.8, 4) is 11.1 Å². The second kappa shape index (κ2) is 9.09. The van der Waals surface area contributed by atoms with E-state index in [1.54, 1.807) is 23.4 Å². The van der Waals surface area contributed by atoms with Crippen LogP contribution in [0, 0.1) is 0 Å². The molecular weight excluding hydrogens is 410 g/mol. The van der Waals surface area contributed by atoms with Crippen LogP contribution in [0.2, 0.25) is 0 Å². The fourth-order valence-electron chi connectivity index (χ4n) is 4.35. The van der Waals surface area contributed by atoms with E-state index >= 15 is 0 Å². The molecule has 4 aromatic rings. The van der Waals surface area contributed by atoms with E-state index in [0.29, 0.717) is 18.7 Å². The molecule has 0 saturated heterocycles. The van der Waals surface area contributed by atoms with Crippen molar-refractivity contribution in [2.45, 2.75) is 19.1 Å². The van der Waals surface area contributed by atoms with Crippen molar-refractivity contribution in [2.24, 2.45) is 0 Å². The highest BCUT2D eigenvalue weighted by atomic mass is 16.2. The molecule has 5 nitrogen and oxygen atoms in total. The summed E-state index contributed by atoms with van der Waals surface area (Å²) in [5, 5.41) is 2.99. The lowest BCUT2D eigenvalue weighted by Gasteiger charge is -2.26. The first-order valence-corrected chi connectivity index (χ1v) is 10.9. The minimum atomic E-state index is -0.686. The Balaban J connectivity index is 1.46. The summed E-state index contributed by atoms with van der Waals surface area (Å²) in [6, 6.07) is 28.5. The summed E-state index contributed by atoms with van der Waals surface area (Å²) in [5.41, 5.74) is 5.35. The molecule has 33 heavy (non-hydrogen) atoms. The third-order valence-corrected chi connectivity index (χ3v) is 5.94. The fourth-order valence-corrected chi connectivity index (χ4v) is 4.35. The monoisotopic (exact) mass is 433 g/mol. The van der Waals surface area contributed by atoms with Crippen molar-refractivity contribution in [2.75, 3.05) is 0 Å². The van der Waals surface area contributed by atoms with Crippen molar-refractivity contribution in [3.05, 3.63) is 126 Å². The predicted octanol–water partition coefficient (Wildman–Crippen LogP) is 4.76. The minimum absolute atomic E-state index is 0.130. The number of hydrogen-bond acceptors (Lipinski definition) is 3. The van der Waals surface area contributed by atoms with Crippen molar-refractivity contribution in [1.82, 2.24) is 15.2 Å². The Kier molecular flexibility index (Phi) is 5.68. The molecule has 5 heteroatoms. The molecule has 0 saturated carbocycles. The van der Waals surface area contributed by atoms with Gasteiger partial charge in [0.15, 0.2) is 0 Å². The number of rotatable bonds is 6. The Morgan fingerprint density at radius 2 is 1.58 bits per heavy atom. The second-order valence-corrected chi connectivity index (χ2v) is 8.03. The molecule has 0 bridgehead atoms. The number of hydrogen-bond donors (Lipinski definition) is 1. The molecule has 1 aliphatic rings. The summed E-state index contributed by atoms with van der Waals surface area (Å²) in [6.45, 7) is 0.692. The van der Waals surface area contributed by atoms with Crippen LogP contribution in [0.4, 0.5) is 0 Å². The number of carbonyl (C=O) groups excluding carboxylic acids is 2. The molecule has 1 N–H and O–H groups in total. The first-order chi connectivity index (χ1) is 16.2. The van der Waals surface area contributed by atoms with E-state index in [-0.39, 0.29) is 11.8 Å². The largest absolute Gasteiger partial charge is 0.350 e. The van der Waals surface area contributed by atoms with E-state index in [0.717, 1.165) is 27.8 Å². The van der Waals surface area contributed by atoms with E-state index in [9.17, 15) is 9.59 Å². The zero-order valence-corrected chi connectivity index (χ0v) is 18.0. The summed E-state index contributed by atoms with van der Waals surface area (Å²) in [4.78, 5) is 32.5. The van der Waals surface area contributed by atoms with E-state index in [1.807, 2.05) is 66.7 Å². The molecule has 0 fully saturated rings. The third-order valence-electron chi connectivity index (χ3n) is 5.94. The van der Waals surface area contributed by atoms with Crippen molar-refractivity contribution in [3.63, 3.8) is 0 Å². The number of nitrogens with zero attached hydrogens (tertiary/aromatic N) is 2. The molecule has 5 rings (SSSR count). The van der Waals surface area contributed by atoms with Crippen molar-refractivity contribution < 1.29 is 9.59 Å². The average molecular weight is 434 g/mol. The van der Waals surface area contributed by atoms with E-state index in [4.69, 9.17) is 0 Å². The number of benzene rings is 3. The molecule has 162 valence electrons. The molecular formula is C28H23N3O2. The molecule has 2 heterocycles. The maximum absolute atomic E-state index is 13.4. The number of amides is 2. The molecule has 2 amide bonds. The first kappa shape index (κ1) is 20.6. The normalized spacial score (nSPS) is 14.7. The van der Waals surface area contributed by atoms with Gasteiger partial charge in [-0.1, -0.05) is 78.9 Å². The van der Waals surface area contributed by atoms with Gasteiger partial charge in [0.1, 0.15) is 6.04 Å². The van der Waals surface area contributed by atoms with Gasteiger partial charge < -0.3 is 10.2 Å². The molecule has 0 aliphatic carbocycles. The first-order valence-electron chi connectivity index (χ1n) is 10.9. The van der Waals surface area contributed by atoms with Crippen LogP contribution in [0.25, 0.3) is 11.1 Å². The fraction of sp³-hybridized carbons (Fsp3) is 0.107. The Morgan fingerprint density at radius 3 is 2.36 bits per heavy atom. The van der Waals surface area contributed by atoms with Gasteiger partial charge in [0.25, 0.3) is 5.91 Å². The molecule has 1 aromatic heterocycles. The number of fused-ring (bicyclic) bond motifs is 1. The van der Waals surface area contributed by atoms with Crippen LogP contribution in [-0.4, -0.2) is 21.7 Å². The summed E-state index contributed by atoms with van der Waals surface area (Å²) < 4.78 is 0. The van der Waals surface area contributed by atoms with Crippen LogP contribution in [-0.2, 0) is 17.9 Å². The summed E-state index contributed by atoms with van der Waals surface area (Å²) >= 11 is 0. The number of pyridine rings is 1. The summed E-state index contributed by atoms with van der Waals surface area (Å²) in [7, 11) is 0. The molecule has 1 atom stereocenters. The van der Waals surface area contributed by atoms with Crippen LogP contribution in [0.1, 0.15) is 33.1 Å². The van der Waals surface area contributed by atoms with Gasteiger partial charge in [-0.05, 0) is 39.9 Å². The van der Waals surface area contributed by atoms with Gasteiger partial charge in [0.2, 0.25) is 5.91 Å². The second-order valence-electron chi connectivity index (χ2n) is 8.03. The molecule has 3 aromatic carbocycles. The smallest absolute Gasteiger partial charge is 0.255 e. The van der Waals surface area contributed by atoms with Gasteiger partial charge in [-0.3, -0.25) is 14.6 Å². The Labute approximate surface area is 192 Å². The zero-order valence-electron chi connectivity index (χ0n) is 18.0. The Morgan fingerprint density at radius 1 is 0.848 bits per heavy atom. The molecule has 1 aliphatic heterocycles. The van der Waals surface area contributed by atoms with E-state index in [2.05, 4.69) is 28.5 Å². The quantitative estimate of drug-likeness (QED) is 0.477. The third kappa shape index (κ3) is 4.13. The van der Waals surface area contributed by atoms with Crippen LogP contribution in [0.3, 0.4) is 0 Å². The van der Waals surface area contributed by atoms with Crippen LogP contribution in [0.5, 0.6) is 0 Å². The van der Waals surface area contributed by atoms with Crippen LogP contribution < -0.4 is 5.32 Å². The average Bonchev–Trinajstić information content (AvgIpc) is 3.15. The maximum Gasteiger partial charge on any atom is 0.255 e. The Bertz CT molecular complexity index is 1290. The lowest BCUT2D eigenvalue weighted by Crippen LogP contribution is -2.38. The van der Waals surface area contributed by atoms with Crippen molar-refractivity contribution >= 4 is 11.8 Å². The Hall–Kier alpha value is -4.25. The molecule has 1 unspecified atom stereocenters. The number of carbonyl (C=O) groups is 2. The molecule has 0 spiro atoms. The predicted molar refractivity (Wildman–Crippen MR) is 127 cm³/mol. The standard InChI is InChI=1S/C28H23N3O2/c32-27(30-18-20-9-8-16-29-17-20)26-24-14-6-7-15-25(24)28(33)31(26)19-22-12-4-5-13-23(22)21-10-2-1-3-11-21/h1-17,26H,18-19H2,(H,30,32). The highest BCUT2D eigenvalue weighted by Crippen LogP contribution is 2.36. The topological polar surface area (TPSA) is 62.3 Å². The summed E-state index contributed by atoms with van der Waals surface area (Å²) in [6.07, 6.45) is 3.42. The van der Waals surface area contributed by atoms with Gasteiger partial charge in [-0.25, -0.2) is 0 Å². The lowest BCUT2D eigenvalue weighted by molar-refractivity contribution is -0.125. The highest BCUT2D eigenvalue weighted by Gasteiger charge is 2.40. The zero-order chi connectivity index (χ0) is 22.6. The van der Waals surface area contributed by atoms with Gasteiger partial charge in [-0.15, -0.1) is 0 Å². The van der Waals surface area contributed by atoms with E-state index in [1.165, 1.54) is 0 Å². The van der Waals surface area contributed by atoms with Gasteiger partial charge in [0.05, 0.1) is 0 Å². The van der Waals surface area contributed by atoms with Gasteiger partial charge >= 0.3 is 0 Å². The SMILES string of the molecule is O=C(NCc1cccnc1)C1c2ccccc2C(=O)N1Cc1ccccc1-c1ccccc1. The summed E-state index contributed by atoms with van der Waals surface area (Å²) in [5.74, 6) is -0.329. The highest BCUT2D eigenvalue weighted by molar-refractivity contribution is 6.04. The van der Waals surface area contributed by atoms with Crippen LogP contribution in [0.15, 0.2) is 103 Å². The maximum atomic E-state index is 13.4. The lowest BCUT2D eigenvalue weighted by atomic mass is 9.99. The minimum Gasteiger partial charge on any atom is -0.350 e. The molecule has 0 radical (unpaired) electrons. The van der Waals surface area contributed by atoms with Crippen molar-refractivity contribution in [1.29, 1.82) is 0 Å². The van der Waals surface area contributed by atoms with E-state index < -0.39 is 6.04 Å².